The number of hydrogen-bond acceptors (Lipinski definition) is 5. The zero-order valence-electron chi connectivity index (χ0n) is 19.4. The average molecular weight is 578 g/mol. The van der Waals surface area contributed by atoms with Gasteiger partial charge in [-0.25, -0.2) is 0 Å². The van der Waals surface area contributed by atoms with Crippen LogP contribution in [-0.4, -0.2) is 49.6 Å². The van der Waals surface area contributed by atoms with Crippen molar-refractivity contribution in [2.75, 3.05) is 17.4 Å². The molecule has 4 aliphatic carbocycles. The summed E-state index contributed by atoms with van der Waals surface area (Å²) in [5.74, 6) is -0.399. The molecular formula is C23H27Cl3N4O5S. The third kappa shape index (κ3) is 4.60. The molecule has 36 heavy (non-hydrogen) atoms. The Morgan fingerprint density at radius 2 is 1.69 bits per heavy atom. The van der Waals surface area contributed by atoms with E-state index in [4.69, 9.17) is 40.5 Å². The van der Waals surface area contributed by atoms with Gasteiger partial charge < -0.3 is 11.1 Å². The van der Waals surface area contributed by atoms with Crippen molar-refractivity contribution in [1.82, 2.24) is 9.62 Å². The van der Waals surface area contributed by atoms with Crippen LogP contribution in [0.4, 0.5) is 5.69 Å². The summed E-state index contributed by atoms with van der Waals surface area (Å²) in [5, 5.41) is 3.10. The van der Waals surface area contributed by atoms with E-state index >= 15 is 0 Å². The van der Waals surface area contributed by atoms with Crippen LogP contribution in [0.5, 0.6) is 0 Å². The fourth-order valence-electron chi connectivity index (χ4n) is 7.22. The average Bonchev–Trinajstić information content (AvgIpc) is 2.73. The zero-order chi connectivity index (χ0) is 26.0. The quantitative estimate of drug-likeness (QED) is 0.537. The number of nitrogens with two attached hydrogens (primary N) is 1. The molecule has 1 aromatic carbocycles. The van der Waals surface area contributed by atoms with Crippen molar-refractivity contribution in [2.45, 2.75) is 51.0 Å². The van der Waals surface area contributed by atoms with Crippen molar-refractivity contribution < 1.29 is 22.8 Å². The Morgan fingerprint density at radius 1 is 1.08 bits per heavy atom. The first-order chi connectivity index (χ1) is 16.9. The number of amides is 3. The first-order valence-corrected chi connectivity index (χ1v) is 14.5. The number of nitrogens with one attached hydrogen (secondary N) is 1. The minimum atomic E-state index is -4.41. The molecule has 2 atom stereocenters. The molecule has 4 bridgehead atoms. The fourth-order valence-corrected chi connectivity index (χ4v) is 9.91. The highest BCUT2D eigenvalue weighted by molar-refractivity contribution is 7.91. The molecule has 4 saturated carbocycles. The SMILES string of the molecule is NC(=O)CC12CC3CC(C1)C(NC(=O)CN1CCC(=O)N(c4c(Cl)cc(Cl)cc4Cl)S1(=O)=O)C(C3)C2. The predicted octanol–water partition coefficient (Wildman–Crippen LogP) is 3.12. The highest BCUT2D eigenvalue weighted by Crippen LogP contribution is 2.61. The van der Waals surface area contributed by atoms with Gasteiger partial charge in [0.1, 0.15) is 0 Å². The molecular weight excluding hydrogens is 551 g/mol. The van der Waals surface area contributed by atoms with E-state index in [-0.39, 0.29) is 62.9 Å². The number of carbonyl (C=O) groups excluding carboxylic acids is 3. The maximum atomic E-state index is 13.4. The maximum Gasteiger partial charge on any atom is 0.311 e. The van der Waals surface area contributed by atoms with Gasteiger partial charge in [0.15, 0.2) is 0 Å². The number of benzene rings is 1. The number of hydrogen-bond donors (Lipinski definition) is 2. The Bertz CT molecular complexity index is 1200. The van der Waals surface area contributed by atoms with Gasteiger partial charge in [0.25, 0.3) is 0 Å². The molecule has 6 rings (SSSR count). The highest BCUT2D eigenvalue weighted by Gasteiger charge is 2.56. The van der Waals surface area contributed by atoms with Crippen molar-refractivity contribution in [3.8, 4) is 0 Å². The van der Waals surface area contributed by atoms with E-state index in [1.807, 2.05) is 0 Å². The lowest BCUT2D eigenvalue weighted by Gasteiger charge is -2.60. The van der Waals surface area contributed by atoms with Gasteiger partial charge in [-0.3, -0.25) is 14.4 Å². The third-order valence-corrected chi connectivity index (χ3v) is 10.7. The Balaban J connectivity index is 1.31. The lowest BCUT2D eigenvalue weighted by atomic mass is 9.47. The molecule has 196 valence electrons. The highest BCUT2D eigenvalue weighted by atomic mass is 35.5. The van der Waals surface area contributed by atoms with Crippen LogP contribution < -0.4 is 15.4 Å². The van der Waals surface area contributed by atoms with Crippen LogP contribution >= 0.6 is 34.8 Å². The van der Waals surface area contributed by atoms with Crippen molar-refractivity contribution in [3.05, 3.63) is 27.2 Å². The topological polar surface area (TPSA) is 130 Å². The van der Waals surface area contributed by atoms with E-state index < -0.39 is 28.6 Å². The van der Waals surface area contributed by atoms with Gasteiger partial charge in [0.05, 0.1) is 22.3 Å². The molecule has 5 fully saturated rings. The number of primary amides is 1. The molecule has 0 aromatic heterocycles. The van der Waals surface area contributed by atoms with Crippen LogP contribution in [0.1, 0.15) is 44.9 Å². The van der Waals surface area contributed by atoms with E-state index in [1.165, 1.54) is 12.1 Å². The fraction of sp³-hybridized carbons (Fsp3) is 0.609. The summed E-state index contributed by atoms with van der Waals surface area (Å²) >= 11 is 18.3. The molecule has 1 heterocycles. The van der Waals surface area contributed by atoms with Gasteiger partial charge in [-0.05, 0) is 67.4 Å². The summed E-state index contributed by atoms with van der Waals surface area (Å²) in [6, 6.07) is 2.53. The van der Waals surface area contributed by atoms with Gasteiger partial charge in [-0.2, -0.15) is 17.0 Å². The number of halogens is 3. The predicted molar refractivity (Wildman–Crippen MR) is 136 cm³/mol. The van der Waals surface area contributed by atoms with E-state index in [0.717, 1.165) is 36.4 Å². The van der Waals surface area contributed by atoms with Crippen LogP contribution in [0.15, 0.2) is 12.1 Å². The molecule has 0 radical (unpaired) electrons. The maximum absolute atomic E-state index is 13.4. The standard InChI is InChI=1S/C23H27Cl3N4O5S/c24-15-5-16(25)22(17(26)6-15)30-20(33)1-2-29(36(30,34)35)11-19(32)28-21-13-3-12-4-14(21)9-23(7-12,8-13)10-18(27)31/h5-6,12-14,21H,1-4,7-11H2,(H2,27,31)(H,28,32). The van der Waals surface area contributed by atoms with Gasteiger partial charge in [0, 0.05) is 30.5 Å². The summed E-state index contributed by atoms with van der Waals surface area (Å²) in [6.07, 6.45) is 4.91. The first-order valence-electron chi connectivity index (χ1n) is 11.9. The summed E-state index contributed by atoms with van der Waals surface area (Å²) in [4.78, 5) is 37.4. The Kier molecular flexibility index (Phi) is 6.73. The molecule has 0 spiro atoms. The van der Waals surface area contributed by atoms with Crippen molar-refractivity contribution in [3.63, 3.8) is 0 Å². The smallest absolute Gasteiger partial charge is 0.311 e. The van der Waals surface area contributed by atoms with E-state index in [0.29, 0.717) is 16.6 Å². The van der Waals surface area contributed by atoms with Crippen LogP contribution in [0.2, 0.25) is 15.1 Å². The second-order valence-corrected chi connectivity index (χ2v) is 13.7. The number of nitrogens with zero attached hydrogens (tertiary/aromatic N) is 2. The first kappa shape index (κ1) is 26.0. The zero-order valence-corrected chi connectivity index (χ0v) is 22.5. The molecule has 2 unspecified atom stereocenters. The van der Waals surface area contributed by atoms with Crippen LogP contribution in [0, 0.1) is 23.2 Å². The second-order valence-electron chi connectivity index (χ2n) is 10.7. The van der Waals surface area contributed by atoms with Crippen molar-refractivity contribution in [1.29, 1.82) is 0 Å². The van der Waals surface area contributed by atoms with E-state index in [2.05, 4.69) is 5.32 Å². The molecule has 13 heteroatoms. The number of anilines is 1. The minimum Gasteiger partial charge on any atom is -0.370 e. The monoisotopic (exact) mass is 576 g/mol. The second kappa shape index (κ2) is 9.31. The lowest BCUT2D eigenvalue weighted by molar-refractivity contribution is -0.134. The van der Waals surface area contributed by atoms with Crippen molar-refractivity contribution in [2.24, 2.45) is 28.9 Å². The number of rotatable bonds is 6. The normalized spacial score (nSPS) is 33.1. The largest absolute Gasteiger partial charge is 0.370 e. The summed E-state index contributed by atoms with van der Waals surface area (Å²) in [6.45, 7) is -0.560. The van der Waals surface area contributed by atoms with E-state index in [1.54, 1.807) is 0 Å². The molecule has 1 saturated heterocycles. The Labute approximate surface area is 224 Å². The molecule has 3 N–H and O–H groups in total. The van der Waals surface area contributed by atoms with Crippen molar-refractivity contribution >= 4 is 68.4 Å². The Morgan fingerprint density at radius 3 is 2.28 bits per heavy atom. The summed E-state index contributed by atoms with van der Waals surface area (Å²) < 4.78 is 28.3. The third-order valence-electron chi connectivity index (χ3n) is 8.14. The molecule has 1 aliphatic heterocycles. The Hall–Kier alpha value is -1.59. The molecule has 9 nitrogen and oxygen atoms in total. The van der Waals surface area contributed by atoms with E-state index in [9.17, 15) is 22.8 Å². The lowest BCUT2D eigenvalue weighted by Crippen LogP contribution is -2.61. The molecule has 3 amide bonds. The molecule has 1 aromatic rings. The van der Waals surface area contributed by atoms with Crippen LogP contribution in [-0.2, 0) is 24.6 Å². The van der Waals surface area contributed by atoms with Crippen LogP contribution in [0.25, 0.3) is 0 Å². The molecule has 5 aliphatic rings. The van der Waals surface area contributed by atoms with Gasteiger partial charge >= 0.3 is 10.2 Å². The minimum absolute atomic E-state index is 0.0690. The van der Waals surface area contributed by atoms with Crippen LogP contribution in [0.3, 0.4) is 0 Å². The van der Waals surface area contributed by atoms with Gasteiger partial charge in [-0.1, -0.05) is 34.8 Å². The number of carbonyl (C=O) groups is 3. The van der Waals surface area contributed by atoms with Gasteiger partial charge in [-0.15, -0.1) is 0 Å². The summed E-state index contributed by atoms with van der Waals surface area (Å²) in [5.41, 5.74) is 5.27. The van der Waals surface area contributed by atoms with Gasteiger partial charge in [0.2, 0.25) is 17.7 Å². The summed E-state index contributed by atoms with van der Waals surface area (Å²) in [7, 11) is -4.41.